The summed E-state index contributed by atoms with van der Waals surface area (Å²) in [5.41, 5.74) is 10.9. The van der Waals surface area contributed by atoms with Gasteiger partial charge in [-0.25, -0.2) is 0 Å². The van der Waals surface area contributed by atoms with E-state index in [-0.39, 0.29) is 0 Å². The standard InChI is InChI=1S/C32H26N2/c1-22-21-28(26-17-9-11-19-29(26)33-24-13-5-3-6-14-24)23(2)32-31(22)27-18-10-12-20-30(27)34(32)25-15-7-4-8-16-25/h3-21,33H,1-2H3. The van der Waals surface area contributed by atoms with E-state index >= 15 is 0 Å². The maximum Gasteiger partial charge on any atom is 0.0579 e. The van der Waals surface area contributed by atoms with Crippen LogP contribution in [0.4, 0.5) is 11.4 Å². The summed E-state index contributed by atoms with van der Waals surface area (Å²) in [5.74, 6) is 0. The molecule has 6 rings (SSSR count). The van der Waals surface area contributed by atoms with Crippen LogP contribution < -0.4 is 5.32 Å². The lowest BCUT2D eigenvalue weighted by Crippen LogP contribution is -1.99. The number of nitrogens with zero attached hydrogens (tertiary/aromatic N) is 1. The molecule has 0 aliphatic rings. The number of aromatic nitrogens is 1. The van der Waals surface area contributed by atoms with Crippen molar-refractivity contribution >= 4 is 33.2 Å². The van der Waals surface area contributed by atoms with E-state index in [1.165, 1.54) is 49.7 Å². The molecule has 2 heteroatoms. The molecule has 1 N–H and O–H groups in total. The summed E-state index contributed by atoms with van der Waals surface area (Å²) in [6.07, 6.45) is 0. The highest BCUT2D eigenvalue weighted by molar-refractivity contribution is 6.13. The molecule has 6 aromatic rings. The van der Waals surface area contributed by atoms with Gasteiger partial charge in [0.1, 0.15) is 0 Å². The van der Waals surface area contributed by atoms with Crippen LogP contribution in [-0.2, 0) is 0 Å². The van der Waals surface area contributed by atoms with E-state index in [0.717, 1.165) is 11.4 Å². The Bertz CT molecular complexity index is 1630. The van der Waals surface area contributed by atoms with Crippen LogP contribution in [0.15, 0.2) is 115 Å². The summed E-state index contributed by atoms with van der Waals surface area (Å²) < 4.78 is 2.42. The molecule has 0 unspecified atom stereocenters. The van der Waals surface area contributed by atoms with Gasteiger partial charge in [-0.1, -0.05) is 78.9 Å². The molecule has 34 heavy (non-hydrogen) atoms. The Hall–Kier alpha value is -4.30. The first-order chi connectivity index (χ1) is 16.7. The fraction of sp³-hybridized carbons (Fsp3) is 0.0625. The summed E-state index contributed by atoms with van der Waals surface area (Å²) in [5, 5.41) is 6.26. The van der Waals surface area contributed by atoms with Crippen molar-refractivity contribution in [1.82, 2.24) is 4.57 Å². The Morgan fingerprint density at radius 1 is 0.618 bits per heavy atom. The maximum absolute atomic E-state index is 3.63. The second-order valence-electron chi connectivity index (χ2n) is 8.81. The molecule has 0 aliphatic heterocycles. The average Bonchev–Trinajstić information content (AvgIpc) is 3.24. The molecule has 0 saturated heterocycles. The van der Waals surface area contributed by atoms with E-state index in [0.29, 0.717) is 0 Å². The van der Waals surface area contributed by atoms with Gasteiger partial charge in [-0.15, -0.1) is 0 Å². The van der Waals surface area contributed by atoms with Crippen molar-refractivity contribution in [3.05, 3.63) is 126 Å². The zero-order valence-electron chi connectivity index (χ0n) is 19.4. The van der Waals surface area contributed by atoms with Crippen molar-refractivity contribution in [1.29, 1.82) is 0 Å². The molecule has 1 aromatic heterocycles. The van der Waals surface area contributed by atoms with Gasteiger partial charge in [0.15, 0.2) is 0 Å². The van der Waals surface area contributed by atoms with Crippen LogP contribution in [0.2, 0.25) is 0 Å². The van der Waals surface area contributed by atoms with Crippen LogP contribution in [0.5, 0.6) is 0 Å². The second kappa shape index (κ2) is 8.24. The van der Waals surface area contributed by atoms with Crippen molar-refractivity contribution in [2.45, 2.75) is 13.8 Å². The normalized spacial score (nSPS) is 11.2. The highest BCUT2D eigenvalue weighted by atomic mass is 15.0. The monoisotopic (exact) mass is 438 g/mol. The third-order valence-electron chi connectivity index (χ3n) is 6.67. The van der Waals surface area contributed by atoms with Crippen LogP contribution in [-0.4, -0.2) is 4.57 Å². The number of benzene rings is 5. The predicted octanol–water partition coefficient (Wildman–Crippen LogP) is 8.81. The van der Waals surface area contributed by atoms with E-state index < -0.39 is 0 Å². The number of nitrogens with one attached hydrogen (secondary N) is 1. The van der Waals surface area contributed by atoms with Gasteiger partial charge in [0.05, 0.1) is 11.0 Å². The fourth-order valence-corrected chi connectivity index (χ4v) is 5.15. The Kier molecular flexibility index (Phi) is 4.92. The summed E-state index contributed by atoms with van der Waals surface area (Å²) in [6.45, 7) is 4.50. The van der Waals surface area contributed by atoms with Crippen LogP contribution in [0.1, 0.15) is 11.1 Å². The third-order valence-corrected chi connectivity index (χ3v) is 6.67. The zero-order valence-corrected chi connectivity index (χ0v) is 19.4. The molecule has 0 fully saturated rings. The Morgan fingerprint density at radius 3 is 2.06 bits per heavy atom. The molecule has 1 heterocycles. The molecule has 2 nitrogen and oxygen atoms in total. The number of fused-ring (bicyclic) bond motifs is 3. The van der Waals surface area contributed by atoms with Crippen molar-refractivity contribution in [3.63, 3.8) is 0 Å². The molecular formula is C32H26N2. The Balaban J connectivity index is 1.66. The van der Waals surface area contributed by atoms with E-state index in [1.54, 1.807) is 0 Å². The van der Waals surface area contributed by atoms with Crippen molar-refractivity contribution < 1.29 is 0 Å². The first-order valence-electron chi connectivity index (χ1n) is 11.7. The maximum atomic E-state index is 3.63. The van der Waals surface area contributed by atoms with Gasteiger partial charge in [-0.3, -0.25) is 0 Å². The van der Waals surface area contributed by atoms with Crippen molar-refractivity contribution in [2.24, 2.45) is 0 Å². The smallest absolute Gasteiger partial charge is 0.0579 e. The van der Waals surface area contributed by atoms with E-state index in [4.69, 9.17) is 0 Å². The van der Waals surface area contributed by atoms with Gasteiger partial charge in [0.2, 0.25) is 0 Å². The number of hydrogen-bond acceptors (Lipinski definition) is 1. The number of anilines is 2. The first kappa shape index (κ1) is 20.3. The lowest BCUT2D eigenvalue weighted by Gasteiger charge is -2.17. The van der Waals surface area contributed by atoms with Gasteiger partial charge < -0.3 is 9.88 Å². The lowest BCUT2D eigenvalue weighted by molar-refractivity contribution is 1.17. The van der Waals surface area contributed by atoms with Gasteiger partial charge in [-0.05, 0) is 66.9 Å². The molecule has 0 radical (unpaired) electrons. The highest BCUT2D eigenvalue weighted by Gasteiger charge is 2.19. The zero-order chi connectivity index (χ0) is 23.1. The number of hydrogen-bond donors (Lipinski definition) is 1. The van der Waals surface area contributed by atoms with Crippen LogP contribution in [0.25, 0.3) is 38.6 Å². The predicted molar refractivity (Wildman–Crippen MR) is 145 cm³/mol. The summed E-state index contributed by atoms with van der Waals surface area (Å²) >= 11 is 0. The quantitative estimate of drug-likeness (QED) is 0.291. The van der Waals surface area contributed by atoms with Crippen LogP contribution in [0, 0.1) is 13.8 Å². The van der Waals surface area contributed by atoms with Gasteiger partial charge in [0, 0.05) is 33.4 Å². The molecule has 0 saturated carbocycles. The van der Waals surface area contributed by atoms with Crippen LogP contribution in [0.3, 0.4) is 0 Å². The second-order valence-corrected chi connectivity index (χ2v) is 8.81. The van der Waals surface area contributed by atoms with Crippen molar-refractivity contribution in [2.75, 3.05) is 5.32 Å². The number of aryl methyl sites for hydroxylation is 2. The lowest BCUT2D eigenvalue weighted by atomic mass is 9.93. The minimum absolute atomic E-state index is 1.09. The molecule has 164 valence electrons. The van der Waals surface area contributed by atoms with Crippen LogP contribution >= 0.6 is 0 Å². The highest BCUT2D eigenvalue weighted by Crippen LogP contribution is 2.41. The number of para-hydroxylation sites is 4. The molecule has 0 spiro atoms. The Morgan fingerprint density at radius 2 is 1.26 bits per heavy atom. The molecule has 5 aromatic carbocycles. The molecule has 0 bridgehead atoms. The molecule has 0 atom stereocenters. The van der Waals surface area contributed by atoms with E-state index in [9.17, 15) is 0 Å². The summed E-state index contributed by atoms with van der Waals surface area (Å²) in [4.78, 5) is 0. The van der Waals surface area contributed by atoms with Gasteiger partial charge >= 0.3 is 0 Å². The minimum Gasteiger partial charge on any atom is -0.355 e. The molecular weight excluding hydrogens is 412 g/mol. The van der Waals surface area contributed by atoms with Gasteiger partial charge in [0.25, 0.3) is 0 Å². The molecule has 0 amide bonds. The Labute approximate surface area is 200 Å². The first-order valence-corrected chi connectivity index (χ1v) is 11.7. The summed E-state index contributed by atoms with van der Waals surface area (Å²) in [7, 11) is 0. The van der Waals surface area contributed by atoms with Gasteiger partial charge in [-0.2, -0.15) is 0 Å². The number of rotatable bonds is 4. The minimum atomic E-state index is 1.09. The summed E-state index contributed by atoms with van der Waals surface area (Å²) in [6, 6.07) is 40.7. The average molecular weight is 439 g/mol. The van der Waals surface area contributed by atoms with Crippen molar-refractivity contribution in [3.8, 4) is 16.8 Å². The molecule has 0 aliphatic carbocycles. The SMILES string of the molecule is Cc1cc(-c2ccccc2Nc2ccccc2)c(C)c2c1c1ccccc1n2-c1ccccc1. The van der Waals surface area contributed by atoms with E-state index in [1.807, 2.05) is 6.07 Å². The third kappa shape index (κ3) is 3.27. The largest absolute Gasteiger partial charge is 0.355 e. The topological polar surface area (TPSA) is 17.0 Å². The van der Waals surface area contributed by atoms with E-state index in [2.05, 4.69) is 133 Å². The fourth-order valence-electron chi connectivity index (χ4n) is 5.15.